The van der Waals surface area contributed by atoms with E-state index in [-0.39, 0.29) is 11.9 Å². The molecule has 0 aliphatic carbocycles. The van der Waals surface area contributed by atoms with E-state index in [4.69, 9.17) is 0 Å². The minimum absolute atomic E-state index is 0.178. The Balaban J connectivity index is 2.74. The van der Waals surface area contributed by atoms with Gasteiger partial charge in [-0.05, 0) is 19.1 Å². The number of nitrogens with one attached hydrogen (secondary N) is 1. The molecular formula is C8H9FN2O. The number of nitrogens with zero attached hydrogens (tertiary/aromatic N) is 1. The fourth-order valence-corrected chi connectivity index (χ4v) is 0.831. The fraction of sp³-hybridized carbons (Fsp3) is 0.250. The highest BCUT2D eigenvalue weighted by Gasteiger charge is 2.03. The average Bonchev–Trinajstić information content (AvgIpc) is 2.06. The molecule has 0 saturated carbocycles. The number of carbonyl (C=O) groups excluding carboxylic acids is 1. The normalized spacial score (nSPS) is 12.2. The van der Waals surface area contributed by atoms with Gasteiger partial charge in [0.15, 0.2) is 0 Å². The summed E-state index contributed by atoms with van der Waals surface area (Å²) in [7, 11) is 0. The molecule has 1 aromatic rings. The molecule has 0 radical (unpaired) electrons. The standard InChI is InChI=1S/C8H9FN2O/c1-6(11-5-12)8-3-2-7(9)4-10-8/h2-6H,1H3,(H,11,12). The molecule has 0 spiro atoms. The SMILES string of the molecule is CC(NC=O)c1ccc(F)cn1. The van der Waals surface area contributed by atoms with Gasteiger partial charge in [0.05, 0.1) is 17.9 Å². The molecule has 0 aromatic carbocycles. The van der Waals surface area contributed by atoms with Gasteiger partial charge in [-0.2, -0.15) is 0 Å². The Labute approximate surface area is 69.6 Å². The van der Waals surface area contributed by atoms with Gasteiger partial charge in [-0.1, -0.05) is 0 Å². The first-order chi connectivity index (χ1) is 5.74. The molecule has 0 aliphatic rings. The summed E-state index contributed by atoms with van der Waals surface area (Å²) in [6, 6.07) is 2.67. The third-order valence-corrected chi connectivity index (χ3v) is 1.51. The van der Waals surface area contributed by atoms with E-state index < -0.39 is 0 Å². The van der Waals surface area contributed by atoms with Gasteiger partial charge in [-0.15, -0.1) is 0 Å². The van der Waals surface area contributed by atoms with E-state index in [9.17, 15) is 9.18 Å². The molecule has 12 heavy (non-hydrogen) atoms. The molecular weight excluding hydrogens is 159 g/mol. The maximum Gasteiger partial charge on any atom is 0.207 e. The number of amides is 1. The van der Waals surface area contributed by atoms with Gasteiger partial charge in [0.1, 0.15) is 5.82 Å². The topological polar surface area (TPSA) is 42.0 Å². The van der Waals surface area contributed by atoms with Crippen LogP contribution >= 0.6 is 0 Å². The van der Waals surface area contributed by atoms with Crippen LogP contribution in [0.3, 0.4) is 0 Å². The second-order valence-electron chi connectivity index (χ2n) is 2.41. The molecule has 3 nitrogen and oxygen atoms in total. The highest BCUT2D eigenvalue weighted by Crippen LogP contribution is 2.07. The van der Waals surface area contributed by atoms with Gasteiger partial charge >= 0.3 is 0 Å². The van der Waals surface area contributed by atoms with Crippen LogP contribution < -0.4 is 5.32 Å². The van der Waals surface area contributed by atoms with Gasteiger partial charge in [0.25, 0.3) is 0 Å². The zero-order chi connectivity index (χ0) is 8.97. The van der Waals surface area contributed by atoms with E-state index in [0.29, 0.717) is 12.1 Å². The molecule has 0 saturated heterocycles. The second kappa shape index (κ2) is 3.80. The zero-order valence-corrected chi connectivity index (χ0v) is 6.62. The van der Waals surface area contributed by atoms with Crippen LogP contribution in [-0.2, 0) is 4.79 Å². The fourth-order valence-electron chi connectivity index (χ4n) is 0.831. The molecule has 1 amide bonds. The summed E-state index contributed by atoms with van der Waals surface area (Å²) in [6.45, 7) is 1.77. The summed E-state index contributed by atoms with van der Waals surface area (Å²) in [5.41, 5.74) is 0.642. The Morgan fingerprint density at radius 2 is 2.42 bits per heavy atom. The first-order valence-corrected chi connectivity index (χ1v) is 3.55. The van der Waals surface area contributed by atoms with Gasteiger partial charge in [-0.25, -0.2) is 4.39 Å². The summed E-state index contributed by atoms with van der Waals surface area (Å²) < 4.78 is 12.4. The van der Waals surface area contributed by atoms with Crippen molar-refractivity contribution >= 4 is 6.41 Å². The largest absolute Gasteiger partial charge is 0.351 e. The smallest absolute Gasteiger partial charge is 0.207 e. The van der Waals surface area contributed by atoms with Crippen molar-refractivity contribution in [2.24, 2.45) is 0 Å². The number of rotatable bonds is 3. The van der Waals surface area contributed by atoms with Gasteiger partial charge in [-0.3, -0.25) is 9.78 Å². The van der Waals surface area contributed by atoms with Gasteiger partial charge in [0.2, 0.25) is 6.41 Å². The van der Waals surface area contributed by atoms with Crippen molar-refractivity contribution in [3.63, 3.8) is 0 Å². The highest BCUT2D eigenvalue weighted by atomic mass is 19.1. The van der Waals surface area contributed by atoms with E-state index in [1.165, 1.54) is 12.1 Å². The van der Waals surface area contributed by atoms with Crippen molar-refractivity contribution in [3.05, 3.63) is 29.8 Å². The number of halogens is 1. The summed E-state index contributed by atoms with van der Waals surface area (Å²) in [6.07, 6.45) is 1.72. The first-order valence-electron chi connectivity index (χ1n) is 3.55. The number of aromatic nitrogens is 1. The van der Waals surface area contributed by atoms with E-state index in [1.54, 1.807) is 6.92 Å². The van der Waals surface area contributed by atoms with Crippen molar-refractivity contribution in [2.45, 2.75) is 13.0 Å². The maximum atomic E-state index is 12.4. The van der Waals surface area contributed by atoms with Crippen molar-refractivity contribution in [2.75, 3.05) is 0 Å². The third-order valence-electron chi connectivity index (χ3n) is 1.51. The summed E-state index contributed by atoms with van der Waals surface area (Å²) >= 11 is 0. The third kappa shape index (κ3) is 2.02. The lowest BCUT2D eigenvalue weighted by Gasteiger charge is -2.07. The van der Waals surface area contributed by atoms with E-state index in [1.807, 2.05) is 0 Å². The van der Waals surface area contributed by atoms with Crippen LogP contribution in [0.1, 0.15) is 18.7 Å². The molecule has 1 unspecified atom stereocenters. The second-order valence-corrected chi connectivity index (χ2v) is 2.41. The predicted molar refractivity (Wildman–Crippen MR) is 41.8 cm³/mol. The quantitative estimate of drug-likeness (QED) is 0.685. The van der Waals surface area contributed by atoms with E-state index in [2.05, 4.69) is 10.3 Å². The Morgan fingerprint density at radius 1 is 1.67 bits per heavy atom. The lowest BCUT2D eigenvalue weighted by atomic mass is 10.2. The Bertz CT molecular complexity index is 260. The molecule has 1 rings (SSSR count). The Kier molecular flexibility index (Phi) is 2.74. The van der Waals surface area contributed by atoms with Crippen molar-refractivity contribution in [3.8, 4) is 0 Å². The van der Waals surface area contributed by atoms with Crippen LogP contribution in [0.15, 0.2) is 18.3 Å². The molecule has 4 heteroatoms. The highest BCUT2D eigenvalue weighted by molar-refractivity contribution is 5.47. The van der Waals surface area contributed by atoms with Crippen LogP contribution in [0.2, 0.25) is 0 Å². The summed E-state index contributed by atoms with van der Waals surface area (Å²) in [5, 5.41) is 2.52. The first kappa shape index (κ1) is 8.64. The Morgan fingerprint density at radius 3 is 2.92 bits per heavy atom. The maximum absolute atomic E-state index is 12.4. The molecule has 64 valence electrons. The van der Waals surface area contributed by atoms with Crippen LogP contribution in [-0.4, -0.2) is 11.4 Å². The summed E-state index contributed by atoms with van der Waals surface area (Å²) in [5.74, 6) is -0.378. The number of pyridine rings is 1. The minimum Gasteiger partial charge on any atom is -0.351 e. The lowest BCUT2D eigenvalue weighted by molar-refractivity contribution is -0.110. The lowest BCUT2D eigenvalue weighted by Crippen LogP contribution is -2.17. The number of hydrogen-bond acceptors (Lipinski definition) is 2. The van der Waals surface area contributed by atoms with Crippen LogP contribution in [0.25, 0.3) is 0 Å². The Hall–Kier alpha value is -1.45. The van der Waals surface area contributed by atoms with Crippen molar-refractivity contribution in [1.29, 1.82) is 0 Å². The van der Waals surface area contributed by atoms with Crippen molar-refractivity contribution in [1.82, 2.24) is 10.3 Å². The minimum atomic E-state index is -0.378. The molecule has 0 bridgehead atoms. The molecule has 0 fully saturated rings. The zero-order valence-electron chi connectivity index (χ0n) is 6.62. The average molecular weight is 168 g/mol. The molecule has 1 heterocycles. The molecule has 1 atom stereocenters. The van der Waals surface area contributed by atoms with Crippen molar-refractivity contribution < 1.29 is 9.18 Å². The van der Waals surface area contributed by atoms with Gasteiger partial charge in [0, 0.05) is 0 Å². The predicted octanol–water partition coefficient (Wildman–Crippen LogP) is 1.03. The number of carbonyl (C=O) groups is 1. The molecule has 0 aliphatic heterocycles. The van der Waals surface area contributed by atoms with Gasteiger partial charge < -0.3 is 5.32 Å². The van der Waals surface area contributed by atoms with E-state index >= 15 is 0 Å². The molecule has 1 N–H and O–H groups in total. The van der Waals surface area contributed by atoms with Crippen LogP contribution in [0, 0.1) is 5.82 Å². The van der Waals surface area contributed by atoms with Crippen LogP contribution in [0.4, 0.5) is 4.39 Å². The monoisotopic (exact) mass is 168 g/mol. The van der Waals surface area contributed by atoms with E-state index in [0.717, 1.165) is 6.20 Å². The van der Waals surface area contributed by atoms with Crippen LogP contribution in [0.5, 0.6) is 0 Å². The molecule has 1 aromatic heterocycles. The summed E-state index contributed by atoms with van der Waals surface area (Å²) in [4.78, 5) is 13.8. The number of hydrogen-bond donors (Lipinski definition) is 1.